The van der Waals surface area contributed by atoms with E-state index in [1.807, 2.05) is 6.92 Å². The van der Waals surface area contributed by atoms with Gasteiger partial charge in [0, 0.05) is 17.7 Å². The van der Waals surface area contributed by atoms with E-state index in [9.17, 15) is 27.2 Å². The Bertz CT molecular complexity index is 1380. The molecule has 0 unspecified atom stereocenters. The maximum Gasteiger partial charge on any atom is 0.346 e. The van der Waals surface area contributed by atoms with Gasteiger partial charge in [0.25, 0.3) is 0 Å². The van der Waals surface area contributed by atoms with E-state index in [0.717, 1.165) is 62.8 Å². The van der Waals surface area contributed by atoms with Crippen molar-refractivity contribution in [1.29, 1.82) is 0 Å². The van der Waals surface area contributed by atoms with E-state index in [4.69, 9.17) is 14.2 Å². The number of ether oxygens (including phenoxy) is 3. The highest BCUT2D eigenvalue weighted by Gasteiger charge is 2.21. The third kappa shape index (κ3) is 10.7. The third-order valence-electron chi connectivity index (χ3n) is 7.10. The predicted octanol–water partition coefficient (Wildman–Crippen LogP) is 9.94. The lowest BCUT2D eigenvalue weighted by Crippen LogP contribution is -2.22. The molecule has 0 aromatic heterocycles. The molecule has 1 atom stereocenters. The zero-order valence-electron chi connectivity index (χ0n) is 25.3. The minimum absolute atomic E-state index is 0.00898. The van der Waals surface area contributed by atoms with Crippen molar-refractivity contribution in [3.63, 3.8) is 0 Å². The molecule has 0 aliphatic heterocycles. The first-order chi connectivity index (χ1) is 21.2. The largest absolute Gasteiger partial charge is 0.491 e. The van der Waals surface area contributed by atoms with Crippen molar-refractivity contribution >= 4 is 11.9 Å². The third-order valence-corrected chi connectivity index (χ3v) is 7.10. The van der Waals surface area contributed by atoms with Gasteiger partial charge in [-0.1, -0.05) is 71.3 Å². The highest BCUT2D eigenvalue weighted by Crippen LogP contribution is 2.30. The van der Waals surface area contributed by atoms with Gasteiger partial charge in [-0.2, -0.15) is 0 Å². The second kappa shape index (κ2) is 18.0. The molecule has 3 aromatic rings. The van der Waals surface area contributed by atoms with Crippen molar-refractivity contribution < 1.29 is 41.4 Å². The Morgan fingerprint density at radius 3 is 2.00 bits per heavy atom. The van der Waals surface area contributed by atoms with Crippen molar-refractivity contribution in [2.75, 3.05) is 6.61 Å². The molecule has 238 valence electrons. The lowest BCUT2D eigenvalue weighted by Gasteiger charge is -2.11. The molecule has 0 saturated carbocycles. The fourth-order valence-corrected chi connectivity index (χ4v) is 4.58. The molecule has 0 amide bonds. The van der Waals surface area contributed by atoms with Crippen LogP contribution in [0.2, 0.25) is 0 Å². The van der Waals surface area contributed by atoms with Gasteiger partial charge in [0.1, 0.15) is 23.1 Å². The van der Waals surface area contributed by atoms with Crippen molar-refractivity contribution in [3.05, 3.63) is 77.6 Å². The van der Waals surface area contributed by atoms with Crippen LogP contribution in [0, 0.1) is 17.5 Å². The number of carbonyl (C=O) groups excluding carboxylic acids is 2. The molecule has 0 bridgehead atoms. The smallest absolute Gasteiger partial charge is 0.346 e. The molecule has 9 heteroatoms. The quantitative estimate of drug-likeness (QED) is 0.0616. The van der Waals surface area contributed by atoms with E-state index in [1.54, 1.807) is 0 Å². The summed E-state index contributed by atoms with van der Waals surface area (Å²) >= 11 is 0. The number of hydrogen-bond donors (Lipinski definition) is 0. The lowest BCUT2D eigenvalue weighted by molar-refractivity contribution is -0.140. The first kappa shape index (κ1) is 34.6. The second-order valence-corrected chi connectivity index (χ2v) is 10.7. The summed E-state index contributed by atoms with van der Waals surface area (Å²) in [5.74, 6) is -5.11. The zero-order valence-corrected chi connectivity index (χ0v) is 25.3. The first-order valence-corrected chi connectivity index (χ1v) is 15.3. The topological polar surface area (TPSA) is 61.8 Å². The molecule has 0 saturated heterocycles. The molecule has 0 radical (unpaired) electrons. The first-order valence-electron chi connectivity index (χ1n) is 15.3. The van der Waals surface area contributed by atoms with Crippen LogP contribution in [0.1, 0.15) is 94.8 Å². The minimum Gasteiger partial charge on any atom is -0.491 e. The Morgan fingerprint density at radius 1 is 0.682 bits per heavy atom. The van der Waals surface area contributed by atoms with Crippen molar-refractivity contribution in [3.8, 4) is 28.4 Å². The molecular weight excluding hydrogens is 576 g/mol. The van der Waals surface area contributed by atoms with E-state index >= 15 is 0 Å². The van der Waals surface area contributed by atoms with Crippen LogP contribution >= 0.6 is 0 Å². The number of rotatable bonds is 18. The van der Waals surface area contributed by atoms with Gasteiger partial charge in [-0.3, -0.25) is 0 Å². The molecule has 0 heterocycles. The summed E-state index contributed by atoms with van der Waals surface area (Å²) in [6.45, 7) is 4.56. The predicted molar refractivity (Wildman–Crippen MR) is 161 cm³/mol. The minimum atomic E-state index is -1.84. The molecule has 44 heavy (non-hydrogen) atoms. The summed E-state index contributed by atoms with van der Waals surface area (Å²) in [7, 11) is 0. The van der Waals surface area contributed by atoms with Crippen LogP contribution in [0.25, 0.3) is 11.1 Å². The zero-order chi connectivity index (χ0) is 31.9. The van der Waals surface area contributed by atoms with Crippen LogP contribution in [0.5, 0.6) is 17.2 Å². The van der Waals surface area contributed by atoms with Crippen LogP contribution in [0.3, 0.4) is 0 Å². The molecule has 5 nitrogen and oxygen atoms in total. The van der Waals surface area contributed by atoms with Gasteiger partial charge in [0.15, 0.2) is 17.7 Å². The molecule has 3 aromatic carbocycles. The lowest BCUT2D eigenvalue weighted by atomic mass is 10.0. The summed E-state index contributed by atoms with van der Waals surface area (Å²) in [4.78, 5) is 24.5. The Morgan fingerprint density at radius 2 is 1.32 bits per heavy atom. The summed E-state index contributed by atoms with van der Waals surface area (Å²) < 4.78 is 73.8. The van der Waals surface area contributed by atoms with E-state index < -0.39 is 41.1 Å². The average molecular weight is 617 g/mol. The highest BCUT2D eigenvalue weighted by molar-refractivity contribution is 5.91. The van der Waals surface area contributed by atoms with E-state index in [-0.39, 0.29) is 34.8 Å². The standard InChI is InChI=1S/C35H40F4O5/c1-3-5-7-9-10-12-20-42-33-19-14-24(21-32(33)39)27-17-15-25(22-30(27)37)43-34(40)28-18-16-26(23-31(28)38)44-35(41)29(36)13-11-8-6-4-2/h14-19,21-23,29H,3-13,20H2,1-2H3/t29-/m0/s1. The number of halogens is 4. The van der Waals surface area contributed by atoms with Crippen LogP contribution in [0.4, 0.5) is 17.6 Å². The molecule has 0 N–H and O–H groups in total. The molecule has 0 aliphatic carbocycles. The SMILES string of the molecule is CCCCCCCCOc1ccc(-c2ccc(OC(=O)c3ccc(OC(=O)[C@@H](F)CCCCCC)cc3F)cc2F)cc1F. The summed E-state index contributed by atoms with van der Waals surface area (Å²) in [5.41, 5.74) is -0.165. The summed E-state index contributed by atoms with van der Waals surface area (Å²) in [5, 5.41) is 0. The summed E-state index contributed by atoms with van der Waals surface area (Å²) in [6.07, 6.45) is 7.89. The van der Waals surface area contributed by atoms with Gasteiger partial charge in [0.2, 0.25) is 0 Å². The fraction of sp³-hybridized carbons (Fsp3) is 0.429. The molecule has 0 spiro atoms. The van der Waals surface area contributed by atoms with Crippen LogP contribution in [-0.2, 0) is 4.79 Å². The number of unbranched alkanes of at least 4 members (excludes halogenated alkanes) is 8. The number of hydrogen-bond acceptors (Lipinski definition) is 5. The molecule has 3 rings (SSSR count). The van der Waals surface area contributed by atoms with Crippen LogP contribution in [0.15, 0.2) is 54.6 Å². The maximum atomic E-state index is 14.9. The van der Waals surface area contributed by atoms with Crippen LogP contribution < -0.4 is 14.2 Å². The molecule has 0 fully saturated rings. The molecular formula is C35H40F4O5. The van der Waals surface area contributed by atoms with Crippen molar-refractivity contribution in [2.45, 2.75) is 90.6 Å². The number of esters is 2. The number of carbonyl (C=O) groups is 2. The van der Waals surface area contributed by atoms with E-state index in [0.29, 0.717) is 13.0 Å². The van der Waals surface area contributed by atoms with Gasteiger partial charge in [-0.15, -0.1) is 0 Å². The monoisotopic (exact) mass is 616 g/mol. The van der Waals surface area contributed by atoms with Crippen LogP contribution in [-0.4, -0.2) is 24.7 Å². The van der Waals surface area contributed by atoms with E-state index in [1.165, 1.54) is 49.6 Å². The Hall–Kier alpha value is -3.88. The van der Waals surface area contributed by atoms with Crippen molar-refractivity contribution in [1.82, 2.24) is 0 Å². The normalized spacial score (nSPS) is 11.7. The second-order valence-electron chi connectivity index (χ2n) is 10.7. The molecule has 0 aliphatic rings. The van der Waals surface area contributed by atoms with Gasteiger partial charge < -0.3 is 14.2 Å². The number of benzene rings is 3. The average Bonchev–Trinajstić information content (AvgIpc) is 2.99. The number of alkyl halides is 1. The maximum absolute atomic E-state index is 14.9. The van der Waals surface area contributed by atoms with Crippen molar-refractivity contribution in [2.24, 2.45) is 0 Å². The Balaban J connectivity index is 1.56. The van der Waals surface area contributed by atoms with Gasteiger partial charge >= 0.3 is 11.9 Å². The van der Waals surface area contributed by atoms with Gasteiger partial charge in [0.05, 0.1) is 12.2 Å². The van der Waals surface area contributed by atoms with Gasteiger partial charge in [-0.25, -0.2) is 27.2 Å². The highest BCUT2D eigenvalue weighted by atomic mass is 19.1. The summed E-state index contributed by atoms with van der Waals surface area (Å²) in [6, 6.07) is 10.6. The van der Waals surface area contributed by atoms with E-state index in [2.05, 4.69) is 6.92 Å². The van der Waals surface area contributed by atoms with Gasteiger partial charge in [-0.05, 0) is 61.2 Å². The fourth-order valence-electron chi connectivity index (χ4n) is 4.58. The Kier molecular flexibility index (Phi) is 14.2. The Labute approximate surface area is 256 Å².